The first-order valence-electron chi connectivity index (χ1n) is 6.77. The lowest BCUT2D eigenvalue weighted by Crippen LogP contribution is -2.40. The van der Waals surface area contributed by atoms with Crippen LogP contribution >= 0.6 is 0 Å². The van der Waals surface area contributed by atoms with Gasteiger partial charge < -0.3 is 14.3 Å². The molecule has 0 N–H and O–H groups in total. The van der Waals surface area contributed by atoms with Crippen molar-refractivity contribution in [2.45, 2.75) is 38.2 Å². The highest BCUT2D eigenvalue weighted by molar-refractivity contribution is 6.35. The maximum Gasteiger partial charge on any atom is 0.405 e. The highest BCUT2D eigenvalue weighted by Crippen LogP contribution is 2.36. The Morgan fingerprint density at radius 1 is 1.20 bits per heavy atom. The molecule has 1 heterocycles. The topological polar surface area (TPSA) is 87.9 Å². The van der Waals surface area contributed by atoms with Crippen molar-refractivity contribution in [1.29, 1.82) is 0 Å². The minimum Gasteiger partial charge on any atom is -0.468 e. The van der Waals surface area contributed by atoms with Crippen LogP contribution < -0.4 is 0 Å². The number of esters is 2. The molecule has 1 saturated carbocycles. The Hall–Kier alpha value is -1.79. The van der Waals surface area contributed by atoms with E-state index in [-0.39, 0.29) is 16.5 Å². The Kier molecular flexibility index (Phi) is 4.46. The molecule has 0 spiro atoms. The standard InChI is InChI=1S/C13H19NO6/c1-18-12(15)10-9(8-6-4-3-5-7-8)11(13(16)19-2)20-14(10)17/h8-9,11H,3-7H2,1-2H3/t9-,11-/m1/s1. The summed E-state index contributed by atoms with van der Waals surface area (Å²) < 4.78 is 9.31. The van der Waals surface area contributed by atoms with E-state index in [2.05, 4.69) is 9.47 Å². The Bertz CT molecular complexity index is 427. The predicted molar refractivity (Wildman–Crippen MR) is 67.6 cm³/mol. The van der Waals surface area contributed by atoms with Gasteiger partial charge in [-0.15, -0.1) is 0 Å². The third-order valence-corrected chi connectivity index (χ3v) is 4.03. The summed E-state index contributed by atoms with van der Waals surface area (Å²) in [6.07, 6.45) is 3.81. The molecule has 2 atom stereocenters. The normalized spacial score (nSPS) is 27.1. The van der Waals surface area contributed by atoms with Crippen molar-refractivity contribution in [2.24, 2.45) is 11.8 Å². The van der Waals surface area contributed by atoms with Crippen molar-refractivity contribution < 1.29 is 28.8 Å². The molecule has 2 rings (SSSR count). The van der Waals surface area contributed by atoms with Gasteiger partial charge in [0.15, 0.2) is 6.10 Å². The summed E-state index contributed by atoms with van der Waals surface area (Å²) in [6, 6.07) is 0. The summed E-state index contributed by atoms with van der Waals surface area (Å²) in [7, 11) is 2.43. The van der Waals surface area contributed by atoms with E-state index in [0.29, 0.717) is 0 Å². The van der Waals surface area contributed by atoms with E-state index in [4.69, 9.17) is 4.84 Å². The molecule has 0 amide bonds. The fourth-order valence-electron chi connectivity index (χ4n) is 3.08. The number of rotatable bonds is 3. The Morgan fingerprint density at radius 3 is 2.40 bits per heavy atom. The quantitative estimate of drug-likeness (QED) is 0.563. The second kappa shape index (κ2) is 6.11. The number of hydrogen-bond acceptors (Lipinski definition) is 6. The van der Waals surface area contributed by atoms with Gasteiger partial charge in [-0.1, -0.05) is 19.3 Å². The molecular weight excluding hydrogens is 266 g/mol. The van der Waals surface area contributed by atoms with Crippen LogP contribution in [0.4, 0.5) is 0 Å². The molecule has 1 aliphatic carbocycles. The molecule has 1 fully saturated rings. The van der Waals surface area contributed by atoms with Crippen LogP contribution in [0, 0.1) is 17.0 Å². The molecular formula is C13H19NO6. The number of carbonyl (C=O) groups is 2. The molecule has 2 aliphatic rings. The lowest BCUT2D eigenvalue weighted by molar-refractivity contribution is -0.737. The van der Waals surface area contributed by atoms with Gasteiger partial charge in [-0.05, 0) is 18.8 Å². The first-order chi connectivity index (χ1) is 9.60. The van der Waals surface area contributed by atoms with Crippen LogP contribution in [0.1, 0.15) is 32.1 Å². The second-order valence-corrected chi connectivity index (χ2v) is 5.11. The number of carbonyl (C=O) groups excluding carboxylic acids is 2. The van der Waals surface area contributed by atoms with E-state index < -0.39 is 24.0 Å². The highest BCUT2D eigenvalue weighted by Gasteiger charge is 2.52. The lowest BCUT2D eigenvalue weighted by Gasteiger charge is -2.28. The van der Waals surface area contributed by atoms with Crippen molar-refractivity contribution in [3.63, 3.8) is 0 Å². The minimum atomic E-state index is -1.06. The van der Waals surface area contributed by atoms with E-state index in [1.807, 2.05) is 0 Å². The number of hydrogen-bond donors (Lipinski definition) is 0. The number of ether oxygens (including phenoxy) is 2. The van der Waals surface area contributed by atoms with Crippen LogP contribution in [0.15, 0.2) is 0 Å². The Labute approximate surface area is 117 Å². The second-order valence-electron chi connectivity index (χ2n) is 5.11. The third-order valence-electron chi connectivity index (χ3n) is 4.03. The molecule has 20 heavy (non-hydrogen) atoms. The molecule has 0 radical (unpaired) electrons. The van der Waals surface area contributed by atoms with E-state index in [9.17, 15) is 14.8 Å². The maximum atomic E-state index is 11.8. The average molecular weight is 285 g/mol. The van der Waals surface area contributed by atoms with Crippen molar-refractivity contribution >= 4 is 17.7 Å². The third kappa shape index (κ3) is 2.57. The summed E-state index contributed by atoms with van der Waals surface area (Å²) in [6.45, 7) is 0. The van der Waals surface area contributed by atoms with Crippen LogP contribution in [-0.4, -0.2) is 42.9 Å². The molecule has 0 aromatic rings. The zero-order valence-electron chi connectivity index (χ0n) is 11.7. The first-order valence-corrected chi connectivity index (χ1v) is 6.77. The van der Waals surface area contributed by atoms with E-state index in [1.54, 1.807) is 0 Å². The molecule has 0 bridgehead atoms. The monoisotopic (exact) mass is 285 g/mol. The van der Waals surface area contributed by atoms with Crippen molar-refractivity contribution in [3.05, 3.63) is 5.21 Å². The smallest absolute Gasteiger partial charge is 0.405 e. The van der Waals surface area contributed by atoms with Gasteiger partial charge in [0.1, 0.15) is 0 Å². The van der Waals surface area contributed by atoms with Gasteiger partial charge in [0.25, 0.3) is 0 Å². The molecule has 0 unspecified atom stereocenters. The summed E-state index contributed by atoms with van der Waals surface area (Å²) >= 11 is 0. The molecule has 0 aromatic carbocycles. The van der Waals surface area contributed by atoms with Crippen molar-refractivity contribution in [2.75, 3.05) is 14.2 Å². The molecule has 112 valence electrons. The zero-order chi connectivity index (χ0) is 14.7. The summed E-state index contributed by atoms with van der Waals surface area (Å²) in [5.74, 6) is -1.92. The molecule has 0 aromatic heterocycles. The van der Waals surface area contributed by atoms with E-state index in [1.165, 1.54) is 14.2 Å². The van der Waals surface area contributed by atoms with Crippen LogP contribution in [0.5, 0.6) is 0 Å². The Balaban J connectivity index is 2.30. The van der Waals surface area contributed by atoms with Crippen LogP contribution in [0.3, 0.4) is 0 Å². The van der Waals surface area contributed by atoms with E-state index in [0.717, 1.165) is 32.1 Å². The van der Waals surface area contributed by atoms with Crippen molar-refractivity contribution in [1.82, 2.24) is 0 Å². The van der Waals surface area contributed by atoms with Gasteiger partial charge in [-0.25, -0.2) is 4.79 Å². The SMILES string of the molecule is COC(=O)C1=[N+]([O-])O[C@@H](C(=O)OC)[C@@H]1C1CCCCC1. The van der Waals surface area contributed by atoms with Crippen LogP contribution in [0.25, 0.3) is 0 Å². The molecule has 0 saturated heterocycles. The summed E-state index contributed by atoms with van der Waals surface area (Å²) in [4.78, 5) is 28.7. The minimum absolute atomic E-state index is 0.0564. The molecule has 7 nitrogen and oxygen atoms in total. The molecule has 7 heteroatoms. The predicted octanol–water partition coefficient (Wildman–Crippen LogP) is 0.794. The fourth-order valence-corrected chi connectivity index (χ4v) is 3.08. The van der Waals surface area contributed by atoms with Gasteiger partial charge >= 0.3 is 17.7 Å². The van der Waals surface area contributed by atoms with Gasteiger partial charge in [-0.2, -0.15) is 0 Å². The highest BCUT2D eigenvalue weighted by atomic mass is 16.9. The number of nitrogens with zero attached hydrogens (tertiary/aromatic N) is 1. The first kappa shape index (κ1) is 14.6. The largest absolute Gasteiger partial charge is 0.468 e. The van der Waals surface area contributed by atoms with Crippen LogP contribution in [0.2, 0.25) is 0 Å². The average Bonchev–Trinajstić information content (AvgIpc) is 2.84. The molecule has 1 aliphatic heterocycles. The van der Waals surface area contributed by atoms with Gasteiger partial charge in [0.2, 0.25) is 0 Å². The van der Waals surface area contributed by atoms with Crippen molar-refractivity contribution in [3.8, 4) is 0 Å². The zero-order valence-corrected chi connectivity index (χ0v) is 11.7. The van der Waals surface area contributed by atoms with Gasteiger partial charge in [0.05, 0.1) is 25.0 Å². The van der Waals surface area contributed by atoms with Gasteiger partial charge in [0, 0.05) is 0 Å². The summed E-state index contributed by atoms with van der Waals surface area (Å²) in [5.41, 5.74) is -0.130. The number of methoxy groups -OCH3 is 2. The fraction of sp³-hybridized carbons (Fsp3) is 0.769. The van der Waals surface area contributed by atoms with Gasteiger partial charge in [-0.3, -0.25) is 10.0 Å². The Morgan fingerprint density at radius 2 is 1.85 bits per heavy atom. The van der Waals surface area contributed by atoms with Crippen LogP contribution in [-0.2, 0) is 23.9 Å². The summed E-state index contributed by atoms with van der Waals surface area (Å²) in [5, 5.41) is 11.8. The van der Waals surface area contributed by atoms with E-state index >= 15 is 0 Å². The maximum absolute atomic E-state index is 11.8. The lowest BCUT2D eigenvalue weighted by atomic mass is 9.75.